The van der Waals surface area contributed by atoms with Crippen molar-refractivity contribution in [2.45, 2.75) is 90.6 Å². The van der Waals surface area contributed by atoms with E-state index < -0.39 is 5.97 Å². The predicted octanol–water partition coefficient (Wildman–Crippen LogP) is 4.92. The van der Waals surface area contributed by atoms with E-state index in [0.717, 1.165) is 50.4 Å². The Labute approximate surface area is 195 Å². The first kappa shape index (κ1) is 23.7. The largest absolute Gasteiger partial charge is 0.458 e. The standard InChI is InChI=1S/C27H34O6/c1-18(28)32-15-10-22(29)5-4-19-17-23(30)8-11-25(19,2)20-6-12-26(3)21(16-20)7-13-27(26)14-9-24(31)33-27/h6,10,15,17,21H,4-5,7-9,11-14,16H2,1-3H3/b15-10+/t21-,25-,26-,27+/m0/s1. The van der Waals surface area contributed by atoms with E-state index in [1.54, 1.807) is 6.08 Å². The van der Waals surface area contributed by atoms with Gasteiger partial charge in [0.15, 0.2) is 11.6 Å². The van der Waals surface area contributed by atoms with E-state index in [1.807, 2.05) is 0 Å². The van der Waals surface area contributed by atoms with Crippen molar-refractivity contribution in [3.05, 3.63) is 35.6 Å². The number of carbonyl (C=O) groups excluding carboxylic acids is 4. The van der Waals surface area contributed by atoms with Gasteiger partial charge in [-0.25, -0.2) is 0 Å². The molecule has 1 saturated carbocycles. The third-order valence-corrected chi connectivity index (χ3v) is 8.87. The molecule has 2 fully saturated rings. The molecule has 33 heavy (non-hydrogen) atoms. The summed E-state index contributed by atoms with van der Waals surface area (Å²) in [6.07, 6.45) is 13.7. The lowest BCUT2D eigenvalue weighted by atomic mass is 9.58. The molecule has 4 rings (SSSR count). The Hall–Kier alpha value is -2.50. The molecular weight excluding hydrogens is 420 g/mol. The smallest absolute Gasteiger partial charge is 0.307 e. The predicted molar refractivity (Wildman–Crippen MR) is 122 cm³/mol. The fourth-order valence-corrected chi connectivity index (χ4v) is 6.62. The Kier molecular flexibility index (Phi) is 6.23. The monoisotopic (exact) mass is 454 g/mol. The quantitative estimate of drug-likeness (QED) is 0.245. The van der Waals surface area contributed by atoms with Crippen molar-refractivity contribution in [2.75, 3.05) is 0 Å². The van der Waals surface area contributed by atoms with Gasteiger partial charge in [-0.3, -0.25) is 19.2 Å². The van der Waals surface area contributed by atoms with E-state index in [-0.39, 0.29) is 40.4 Å². The van der Waals surface area contributed by atoms with Crippen LogP contribution in [-0.4, -0.2) is 29.1 Å². The highest BCUT2D eigenvalue weighted by atomic mass is 16.6. The Morgan fingerprint density at radius 3 is 2.67 bits per heavy atom. The summed E-state index contributed by atoms with van der Waals surface area (Å²) in [6.45, 7) is 5.78. The van der Waals surface area contributed by atoms with E-state index in [4.69, 9.17) is 9.47 Å². The van der Waals surface area contributed by atoms with Gasteiger partial charge in [0.1, 0.15) is 5.60 Å². The van der Waals surface area contributed by atoms with Crippen molar-refractivity contribution in [1.82, 2.24) is 0 Å². The molecule has 4 aliphatic rings. The van der Waals surface area contributed by atoms with Crippen LogP contribution in [-0.2, 0) is 28.7 Å². The number of hydrogen-bond donors (Lipinski definition) is 0. The van der Waals surface area contributed by atoms with Gasteiger partial charge in [0.05, 0.1) is 6.26 Å². The molecule has 6 nitrogen and oxygen atoms in total. The zero-order valence-electron chi connectivity index (χ0n) is 19.9. The fourth-order valence-electron chi connectivity index (χ4n) is 6.62. The van der Waals surface area contributed by atoms with Gasteiger partial charge in [-0.1, -0.05) is 31.1 Å². The number of ketones is 2. The van der Waals surface area contributed by atoms with E-state index >= 15 is 0 Å². The molecule has 0 unspecified atom stereocenters. The minimum absolute atomic E-state index is 0.0368. The van der Waals surface area contributed by atoms with Crippen LogP contribution in [0.15, 0.2) is 35.6 Å². The second-order valence-electron chi connectivity index (χ2n) is 10.6. The van der Waals surface area contributed by atoms with Crippen molar-refractivity contribution < 1.29 is 28.7 Å². The zero-order chi connectivity index (χ0) is 23.9. The summed E-state index contributed by atoms with van der Waals surface area (Å²) in [5.74, 6) is -0.105. The van der Waals surface area contributed by atoms with E-state index in [1.165, 1.54) is 18.6 Å². The van der Waals surface area contributed by atoms with Crippen molar-refractivity contribution >= 4 is 23.5 Å². The molecule has 0 N–H and O–H groups in total. The van der Waals surface area contributed by atoms with Crippen LogP contribution in [0.2, 0.25) is 0 Å². The van der Waals surface area contributed by atoms with Gasteiger partial charge in [0.25, 0.3) is 0 Å². The van der Waals surface area contributed by atoms with Crippen molar-refractivity contribution in [3.63, 3.8) is 0 Å². The van der Waals surface area contributed by atoms with Crippen molar-refractivity contribution in [1.29, 1.82) is 0 Å². The molecule has 0 aromatic carbocycles. The lowest BCUT2D eigenvalue weighted by molar-refractivity contribution is -0.159. The normalized spacial score (nSPS) is 35.9. The van der Waals surface area contributed by atoms with Gasteiger partial charge in [0, 0.05) is 43.1 Å². The average Bonchev–Trinajstić information content (AvgIpc) is 3.28. The van der Waals surface area contributed by atoms with Gasteiger partial charge in [-0.05, 0) is 56.9 Å². The summed E-state index contributed by atoms with van der Waals surface area (Å²) in [7, 11) is 0. The lowest BCUT2D eigenvalue weighted by Crippen LogP contribution is -2.46. The van der Waals surface area contributed by atoms with Crippen LogP contribution in [0.1, 0.15) is 85.0 Å². The number of esters is 2. The minimum Gasteiger partial charge on any atom is -0.458 e. The molecule has 0 aromatic rings. The average molecular weight is 455 g/mol. The summed E-state index contributed by atoms with van der Waals surface area (Å²) in [5.41, 5.74) is 1.78. The first-order chi connectivity index (χ1) is 15.6. The summed E-state index contributed by atoms with van der Waals surface area (Å²) >= 11 is 0. The summed E-state index contributed by atoms with van der Waals surface area (Å²) in [5, 5.41) is 0. The molecule has 0 aromatic heterocycles. The van der Waals surface area contributed by atoms with Crippen LogP contribution in [0.5, 0.6) is 0 Å². The Morgan fingerprint density at radius 1 is 1.18 bits per heavy atom. The van der Waals surface area contributed by atoms with E-state index in [0.29, 0.717) is 25.2 Å². The molecule has 1 aliphatic heterocycles. The summed E-state index contributed by atoms with van der Waals surface area (Å²) in [4.78, 5) is 47.3. The number of carbonyl (C=O) groups is 4. The van der Waals surface area contributed by atoms with Gasteiger partial charge >= 0.3 is 11.9 Å². The molecule has 1 spiro atoms. The number of ether oxygens (including phenoxy) is 2. The highest BCUT2D eigenvalue weighted by Crippen LogP contribution is 2.64. The molecule has 1 saturated heterocycles. The molecule has 4 atom stereocenters. The fraction of sp³-hybridized carbons (Fsp3) is 0.630. The van der Waals surface area contributed by atoms with Crippen LogP contribution < -0.4 is 0 Å². The minimum atomic E-state index is -0.468. The molecule has 178 valence electrons. The second kappa shape index (κ2) is 8.69. The topological polar surface area (TPSA) is 86.7 Å². The first-order valence-electron chi connectivity index (χ1n) is 12.1. The summed E-state index contributed by atoms with van der Waals surface area (Å²) in [6, 6.07) is 0. The lowest BCUT2D eigenvalue weighted by Gasteiger charge is -2.48. The molecule has 3 aliphatic carbocycles. The van der Waals surface area contributed by atoms with Crippen LogP contribution in [0.4, 0.5) is 0 Å². The molecule has 0 radical (unpaired) electrons. The van der Waals surface area contributed by atoms with Crippen LogP contribution >= 0.6 is 0 Å². The Bertz CT molecular complexity index is 971. The van der Waals surface area contributed by atoms with Gasteiger partial charge < -0.3 is 9.47 Å². The highest BCUT2D eigenvalue weighted by molar-refractivity contribution is 5.93. The number of allylic oxidation sites excluding steroid dienone is 5. The first-order valence-corrected chi connectivity index (χ1v) is 12.1. The second-order valence-corrected chi connectivity index (χ2v) is 10.6. The number of fused-ring (bicyclic) bond motifs is 2. The molecule has 1 heterocycles. The highest BCUT2D eigenvalue weighted by Gasteiger charge is 2.62. The maximum atomic E-state index is 12.3. The van der Waals surface area contributed by atoms with Crippen molar-refractivity contribution in [3.8, 4) is 0 Å². The number of hydrogen-bond acceptors (Lipinski definition) is 6. The SMILES string of the molecule is CC(=O)O/C=C/C(=O)CCC1=CC(=O)CC[C@]1(C)C1=CC[C@@]2(C)[C@@H](CC[C@@]23CCC(=O)O3)C1. The maximum absolute atomic E-state index is 12.3. The van der Waals surface area contributed by atoms with E-state index in [2.05, 4.69) is 19.9 Å². The molecule has 6 heteroatoms. The zero-order valence-corrected chi connectivity index (χ0v) is 19.9. The Balaban J connectivity index is 1.51. The molecular formula is C27H34O6. The summed E-state index contributed by atoms with van der Waals surface area (Å²) < 4.78 is 10.6. The third-order valence-electron chi connectivity index (χ3n) is 8.87. The Morgan fingerprint density at radius 2 is 1.97 bits per heavy atom. The van der Waals surface area contributed by atoms with E-state index in [9.17, 15) is 19.2 Å². The van der Waals surface area contributed by atoms with Crippen LogP contribution in [0.3, 0.4) is 0 Å². The van der Waals surface area contributed by atoms with Crippen molar-refractivity contribution in [2.24, 2.45) is 16.7 Å². The van der Waals surface area contributed by atoms with Gasteiger partial charge in [-0.2, -0.15) is 0 Å². The maximum Gasteiger partial charge on any atom is 0.307 e. The third kappa shape index (κ3) is 4.24. The van der Waals surface area contributed by atoms with Gasteiger partial charge in [0.2, 0.25) is 0 Å². The molecule has 0 bridgehead atoms. The molecule has 0 amide bonds. The van der Waals surface area contributed by atoms with Crippen LogP contribution in [0, 0.1) is 16.7 Å². The van der Waals surface area contributed by atoms with Crippen LogP contribution in [0.25, 0.3) is 0 Å². The number of rotatable bonds is 6. The van der Waals surface area contributed by atoms with Gasteiger partial charge in [-0.15, -0.1) is 0 Å².